The molecular weight excluding hydrogens is 341 g/mol. The Hall–Kier alpha value is -2.44. The summed E-state index contributed by atoms with van der Waals surface area (Å²) in [6.07, 6.45) is -0.650. The smallest absolute Gasteiger partial charge is 0.418 e. The molecule has 0 aliphatic carbocycles. The molecule has 1 aromatic rings. The third-order valence-corrected chi connectivity index (χ3v) is 4.54. The van der Waals surface area contributed by atoms with Gasteiger partial charge in [-0.05, 0) is 57.7 Å². The summed E-state index contributed by atoms with van der Waals surface area (Å²) in [7, 11) is 0. The number of nitrogens with zero attached hydrogens (tertiary/aromatic N) is 1. The van der Waals surface area contributed by atoms with E-state index in [1.165, 1.54) is 12.1 Å². The monoisotopic (exact) mass is 365 g/mol. The second kappa shape index (κ2) is 7.05. The van der Waals surface area contributed by atoms with Crippen LogP contribution >= 0.6 is 0 Å². The zero-order chi connectivity index (χ0) is 19.7. The molecule has 0 bridgehead atoms. The number of carbonyl (C=O) groups is 3. The van der Waals surface area contributed by atoms with Gasteiger partial charge in [-0.15, -0.1) is 0 Å². The van der Waals surface area contributed by atoms with Gasteiger partial charge in [0.05, 0.1) is 0 Å². The van der Waals surface area contributed by atoms with Crippen LogP contribution in [0.5, 0.6) is 0 Å². The number of carboxylic acids is 1. The number of hydrogen-bond acceptors (Lipinski definition) is 4. The van der Waals surface area contributed by atoms with Gasteiger partial charge in [0.1, 0.15) is 11.4 Å². The average Bonchev–Trinajstić information content (AvgIpc) is 2.81. The van der Waals surface area contributed by atoms with Crippen molar-refractivity contribution in [1.82, 2.24) is 4.90 Å². The summed E-state index contributed by atoms with van der Waals surface area (Å²) in [5.74, 6) is -2.90. The minimum absolute atomic E-state index is 0.00567. The van der Waals surface area contributed by atoms with Crippen LogP contribution in [-0.2, 0) is 20.7 Å². The molecule has 7 heteroatoms. The molecule has 1 N–H and O–H groups in total. The number of carbonyl (C=O) groups excluding carboxylic acids is 2. The molecule has 2 amide bonds. The molecule has 0 radical (unpaired) electrons. The predicted molar refractivity (Wildman–Crippen MR) is 91.9 cm³/mol. The minimum Gasteiger partial charge on any atom is -0.479 e. The topological polar surface area (TPSA) is 83.9 Å². The zero-order valence-corrected chi connectivity index (χ0v) is 15.4. The summed E-state index contributed by atoms with van der Waals surface area (Å²) in [6.45, 7) is 6.57. The number of amides is 2. The number of carboxylic acid groups (broad SMARTS) is 1. The fourth-order valence-electron chi connectivity index (χ4n) is 3.25. The Morgan fingerprint density at radius 1 is 1.31 bits per heavy atom. The van der Waals surface area contributed by atoms with Crippen molar-refractivity contribution in [3.05, 3.63) is 35.6 Å². The van der Waals surface area contributed by atoms with Gasteiger partial charge in [-0.25, -0.2) is 18.9 Å². The van der Waals surface area contributed by atoms with E-state index < -0.39 is 40.8 Å². The Morgan fingerprint density at radius 2 is 1.88 bits per heavy atom. The Bertz CT molecular complexity index is 710. The van der Waals surface area contributed by atoms with Crippen molar-refractivity contribution in [1.29, 1.82) is 0 Å². The second-order valence-electron chi connectivity index (χ2n) is 7.58. The molecule has 1 heterocycles. The van der Waals surface area contributed by atoms with E-state index in [0.29, 0.717) is 5.56 Å². The van der Waals surface area contributed by atoms with E-state index in [-0.39, 0.29) is 19.3 Å². The first-order valence-corrected chi connectivity index (χ1v) is 8.55. The molecular formula is C19H24FNO5. The molecule has 2 rings (SSSR count). The van der Waals surface area contributed by atoms with Gasteiger partial charge in [0, 0.05) is 5.92 Å². The first-order chi connectivity index (χ1) is 12.0. The summed E-state index contributed by atoms with van der Waals surface area (Å²) >= 11 is 0. The maximum Gasteiger partial charge on any atom is 0.418 e. The van der Waals surface area contributed by atoms with Gasteiger partial charge in [0.2, 0.25) is 5.91 Å². The van der Waals surface area contributed by atoms with Gasteiger partial charge >= 0.3 is 12.1 Å². The first kappa shape index (κ1) is 19.9. The van der Waals surface area contributed by atoms with Crippen LogP contribution in [-0.4, -0.2) is 39.1 Å². The van der Waals surface area contributed by atoms with Crippen molar-refractivity contribution < 1.29 is 28.6 Å². The molecule has 1 aliphatic heterocycles. The van der Waals surface area contributed by atoms with Crippen LogP contribution in [0.4, 0.5) is 9.18 Å². The highest BCUT2D eigenvalue weighted by Gasteiger charge is 2.58. The number of hydrogen-bond donors (Lipinski definition) is 1. The number of ether oxygens (including phenoxy) is 1. The predicted octanol–water partition coefficient (Wildman–Crippen LogP) is 3.39. The minimum atomic E-state index is -1.63. The average molecular weight is 365 g/mol. The van der Waals surface area contributed by atoms with Gasteiger partial charge < -0.3 is 9.84 Å². The Balaban J connectivity index is 2.34. The van der Waals surface area contributed by atoms with Gasteiger partial charge in [-0.2, -0.15) is 0 Å². The van der Waals surface area contributed by atoms with Crippen molar-refractivity contribution in [2.45, 2.75) is 58.1 Å². The van der Waals surface area contributed by atoms with Crippen molar-refractivity contribution in [2.75, 3.05) is 0 Å². The summed E-state index contributed by atoms with van der Waals surface area (Å²) in [5.41, 5.74) is -1.79. The van der Waals surface area contributed by atoms with Gasteiger partial charge in [0.15, 0.2) is 5.54 Å². The van der Waals surface area contributed by atoms with E-state index in [1.54, 1.807) is 39.8 Å². The number of aliphatic carboxylic acids is 1. The van der Waals surface area contributed by atoms with Crippen LogP contribution in [0, 0.1) is 11.7 Å². The highest BCUT2D eigenvalue weighted by molar-refractivity contribution is 6.02. The van der Waals surface area contributed by atoms with E-state index in [9.17, 15) is 23.9 Å². The van der Waals surface area contributed by atoms with E-state index >= 15 is 0 Å². The molecule has 26 heavy (non-hydrogen) atoms. The van der Waals surface area contributed by atoms with Crippen molar-refractivity contribution in [2.24, 2.45) is 5.92 Å². The van der Waals surface area contributed by atoms with Crippen molar-refractivity contribution in [3.8, 4) is 0 Å². The fourth-order valence-corrected chi connectivity index (χ4v) is 3.25. The molecule has 0 saturated carbocycles. The highest BCUT2D eigenvalue weighted by Crippen LogP contribution is 2.40. The molecule has 1 saturated heterocycles. The maximum absolute atomic E-state index is 13.1. The fraction of sp³-hybridized carbons (Fsp3) is 0.526. The SMILES string of the molecule is CC[C@@]1(C(=O)O)C[C@@H](Cc2ccc(F)cc2)C(=O)N1C(=O)OC(C)(C)C. The summed E-state index contributed by atoms with van der Waals surface area (Å²) < 4.78 is 18.3. The third-order valence-electron chi connectivity index (χ3n) is 4.54. The normalized spacial score (nSPS) is 23.2. The maximum atomic E-state index is 13.1. The Kier molecular flexibility index (Phi) is 5.39. The first-order valence-electron chi connectivity index (χ1n) is 8.55. The molecule has 6 nitrogen and oxygen atoms in total. The number of likely N-dealkylation sites (tertiary alicyclic amines) is 1. The third kappa shape index (κ3) is 3.86. The van der Waals surface area contributed by atoms with Crippen molar-refractivity contribution in [3.63, 3.8) is 0 Å². The second-order valence-corrected chi connectivity index (χ2v) is 7.58. The van der Waals surface area contributed by atoms with Gasteiger partial charge in [0.25, 0.3) is 0 Å². The Morgan fingerprint density at radius 3 is 2.35 bits per heavy atom. The molecule has 1 fully saturated rings. The lowest BCUT2D eigenvalue weighted by Crippen LogP contribution is -2.55. The lowest BCUT2D eigenvalue weighted by molar-refractivity contribution is -0.153. The summed E-state index contributed by atoms with van der Waals surface area (Å²) in [5, 5.41) is 9.77. The van der Waals surface area contributed by atoms with Gasteiger partial charge in [-0.3, -0.25) is 4.79 Å². The number of halogens is 1. The van der Waals surface area contributed by atoms with Crippen molar-refractivity contribution >= 4 is 18.0 Å². The summed E-state index contributed by atoms with van der Waals surface area (Å²) in [6, 6.07) is 5.66. The number of rotatable bonds is 4. The number of imide groups is 1. The molecule has 1 aliphatic rings. The van der Waals surface area contributed by atoms with E-state index in [1.807, 2.05) is 0 Å². The van der Waals surface area contributed by atoms with Crippen LogP contribution < -0.4 is 0 Å². The van der Waals surface area contributed by atoms with Crippen LogP contribution in [0.25, 0.3) is 0 Å². The quantitative estimate of drug-likeness (QED) is 0.884. The molecule has 0 unspecified atom stereocenters. The standard InChI is InChI=1S/C19H24FNO5/c1-5-19(16(23)24)11-13(10-12-6-8-14(20)9-7-12)15(22)21(19)17(25)26-18(2,3)4/h6-9,13H,5,10-11H2,1-4H3,(H,23,24)/t13-,19+/m1/s1. The molecule has 1 aromatic carbocycles. The van der Waals surface area contributed by atoms with E-state index in [2.05, 4.69) is 0 Å². The number of benzene rings is 1. The van der Waals surface area contributed by atoms with E-state index in [4.69, 9.17) is 4.74 Å². The van der Waals surface area contributed by atoms with Crippen LogP contribution in [0.3, 0.4) is 0 Å². The molecule has 2 atom stereocenters. The summed E-state index contributed by atoms with van der Waals surface area (Å²) in [4.78, 5) is 38.2. The largest absolute Gasteiger partial charge is 0.479 e. The lowest BCUT2D eigenvalue weighted by Gasteiger charge is -2.33. The zero-order valence-electron chi connectivity index (χ0n) is 15.4. The lowest BCUT2D eigenvalue weighted by atomic mass is 9.87. The van der Waals surface area contributed by atoms with E-state index in [0.717, 1.165) is 4.90 Å². The molecule has 0 spiro atoms. The van der Waals surface area contributed by atoms with Crippen LogP contribution in [0.15, 0.2) is 24.3 Å². The molecule has 142 valence electrons. The van der Waals surface area contributed by atoms with Crippen LogP contribution in [0.1, 0.15) is 46.1 Å². The molecule has 0 aromatic heterocycles. The van der Waals surface area contributed by atoms with Crippen LogP contribution in [0.2, 0.25) is 0 Å². The highest BCUT2D eigenvalue weighted by atomic mass is 19.1. The Labute approximate surface area is 151 Å². The van der Waals surface area contributed by atoms with Gasteiger partial charge in [-0.1, -0.05) is 19.1 Å².